The summed E-state index contributed by atoms with van der Waals surface area (Å²) in [5, 5.41) is 12.4. The lowest BCUT2D eigenvalue weighted by Crippen LogP contribution is -2.45. The molecule has 1 aliphatic rings. The van der Waals surface area contributed by atoms with Crippen LogP contribution in [0.15, 0.2) is 48.0 Å². The maximum atomic E-state index is 12.5. The molecule has 2 aromatic carbocycles. The fourth-order valence-electron chi connectivity index (χ4n) is 4.07. The van der Waals surface area contributed by atoms with Gasteiger partial charge in [0.25, 0.3) is 5.91 Å². The van der Waals surface area contributed by atoms with Gasteiger partial charge in [-0.1, -0.05) is 37.3 Å². The monoisotopic (exact) mass is 387 g/mol. The molecule has 0 fully saturated rings. The third-order valence-electron chi connectivity index (χ3n) is 5.98. The van der Waals surface area contributed by atoms with E-state index in [1.54, 1.807) is 6.08 Å². The number of hydrogen-bond donors (Lipinski definition) is 1. The molecule has 2 aromatic rings. The van der Waals surface area contributed by atoms with Crippen LogP contribution in [-0.4, -0.2) is 18.5 Å². The zero-order valence-electron chi connectivity index (χ0n) is 17.9. The Bertz CT molecular complexity index is 983. The number of amides is 1. The SMILES string of the molecule is Cc1cc2c(cc1/C=C(/C#N)C(=O)NCc1ccccc1)[C@H](C)CC(C)(C)N2C. The molecule has 1 atom stereocenters. The maximum absolute atomic E-state index is 12.5. The predicted octanol–water partition coefficient (Wildman–Crippen LogP) is 4.94. The van der Waals surface area contributed by atoms with Gasteiger partial charge in [0.05, 0.1) is 0 Å². The van der Waals surface area contributed by atoms with Crippen LogP contribution in [0.4, 0.5) is 5.69 Å². The van der Waals surface area contributed by atoms with Crippen molar-refractivity contribution in [3.05, 3.63) is 70.3 Å². The second-order valence-corrected chi connectivity index (χ2v) is 8.58. The Kier molecular flexibility index (Phi) is 5.79. The summed E-state index contributed by atoms with van der Waals surface area (Å²) in [6.45, 7) is 9.21. The van der Waals surface area contributed by atoms with Crippen LogP contribution in [0.25, 0.3) is 6.08 Å². The summed E-state index contributed by atoms with van der Waals surface area (Å²) >= 11 is 0. The van der Waals surface area contributed by atoms with Gasteiger partial charge in [-0.2, -0.15) is 5.26 Å². The molecular weight excluding hydrogens is 358 g/mol. The first-order valence-corrected chi connectivity index (χ1v) is 10.0. The fourth-order valence-corrected chi connectivity index (χ4v) is 4.07. The molecule has 1 heterocycles. The smallest absolute Gasteiger partial charge is 0.262 e. The van der Waals surface area contributed by atoms with E-state index in [0.717, 1.165) is 23.1 Å². The minimum absolute atomic E-state index is 0.103. The lowest BCUT2D eigenvalue weighted by molar-refractivity contribution is -0.117. The average Bonchev–Trinajstić information content (AvgIpc) is 2.69. The molecule has 0 radical (unpaired) electrons. The highest BCUT2D eigenvalue weighted by molar-refractivity contribution is 6.01. The fraction of sp³-hybridized carbons (Fsp3) is 0.360. The molecule has 0 bridgehead atoms. The van der Waals surface area contributed by atoms with Crippen molar-refractivity contribution in [1.82, 2.24) is 5.32 Å². The molecule has 0 aliphatic carbocycles. The maximum Gasteiger partial charge on any atom is 0.262 e. The summed E-state index contributed by atoms with van der Waals surface area (Å²) in [4.78, 5) is 14.9. The van der Waals surface area contributed by atoms with Crippen molar-refractivity contribution >= 4 is 17.7 Å². The Morgan fingerprint density at radius 2 is 2.00 bits per heavy atom. The normalized spacial score (nSPS) is 18.0. The lowest BCUT2D eigenvalue weighted by atomic mass is 9.79. The van der Waals surface area contributed by atoms with Crippen LogP contribution in [0.3, 0.4) is 0 Å². The molecule has 1 N–H and O–H groups in total. The number of benzene rings is 2. The molecule has 4 heteroatoms. The van der Waals surface area contributed by atoms with Gasteiger partial charge in [0, 0.05) is 24.8 Å². The third-order valence-corrected chi connectivity index (χ3v) is 5.98. The minimum Gasteiger partial charge on any atom is -0.369 e. The molecule has 0 aromatic heterocycles. The Morgan fingerprint density at radius 1 is 1.31 bits per heavy atom. The molecule has 1 amide bonds. The van der Waals surface area contributed by atoms with Gasteiger partial charge in [-0.3, -0.25) is 4.79 Å². The number of aryl methyl sites for hydroxylation is 1. The van der Waals surface area contributed by atoms with Crippen LogP contribution in [0.5, 0.6) is 0 Å². The van der Waals surface area contributed by atoms with Gasteiger partial charge in [0.1, 0.15) is 11.6 Å². The molecule has 0 saturated heterocycles. The van der Waals surface area contributed by atoms with Crippen molar-refractivity contribution in [2.24, 2.45) is 0 Å². The summed E-state index contributed by atoms with van der Waals surface area (Å²) in [7, 11) is 2.14. The molecule has 0 saturated carbocycles. The highest BCUT2D eigenvalue weighted by atomic mass is 16.1. The van der Waals surface area contributed by atoms with Crippen molar-refractivity contribution in [2.45, 2.75) is 52.1 Å². The number of anilines is 1. The van der Waals surface area contributed by atoms with Crippen molar-refractivity contribution in [2.75, 3.05) is 11.9 Å². The van der Waals surface area contributed by atoms with Gasteiger partial charge < -0.3 is 10.2 Å². The summed E-state index contributed by atoms with van der Waals surface area (Å²) in [6, 6.07) is 16.1. The predicted molar refractivity (Wildman–Crippen MR) is 119 cm³/mol. The zero-order valence-corrected chi connectivity index (χ0v) is 17.9. The summed E-state index contributed by atoms with van der Waals surface area (Å²) in [6.07, 6.45) is 2.77. The van der Waals surface area contributed by atoms with Gasteiger partial charge in [-0.25, -0.2) is 0 Å². The van der Waals surface area contributed by atoms with E-state index in [1.165, 1.54) is 11.3 Å². The van der Waals surface area contributed by atoms with Crippen LogP contribution < -0.4 is 10.2 Å². The first-order chi connectivity index (χ1) is 13.7. The topological polar surface area (TPSA) is 56.1 Å². The molecule has 0 unspecified atom stereocenters. The molecule has 1 aliphatic heterocycles. The zero-order chi connectivity index (χ0) is 21.2. The summed E-state index contributed by atoms with van der Waals surface area (Å²) < 4.78 is 0. The van der Waals surface area contributed by atoms with Gasteiger partial charge in [0.2, 0.25) is 0 Å². The number of nitrogens with one attached hydrogen (secondary N) is 1. The van der Waals surface area contributed by atoms with Crippen molar-refractivity contribution < 1.29 is 4.79 Å². The average molecular weight is 388 g/mol. The number of carbonyl (C=O) groups is 1. The van der Waals surface area contributed by atoms with E-state index in [0.29, 0.717) is 12.5 Å². The van der Waals surface area contributed by atoms with Gasteiger partial charge in [-0.05, 0) is 73.6 Å². The van der Waals surface area contributed by atoms with Gasteiger partial charge in [0.15, 0.2) is 0 Å². The highest BCUT2D eigenvalue weighted by Crippen LogP contribution is 2.43. The summed E-state index contributed by atoms with van der Waals surface area (Å²) in [5.74, 6) is 0.0705. The number of carbonyl (C=O) groups excluding carboxylic acids is 1. The van der Waals surface area contributed by atoms with Crippen LogP contribution in [0.2, 0.25) is 0 Å². The molecule has 29 heavy (non-hydrogen) atoms. The van der Waals surface area contributed by atoms with Gasteiger partial charge >= 0.3 is 0 Å². The Hall–Kier alpha value is -3.06. The molecule has 3 rings (SSSR count). The van der Waals surface area contributed by atoms with E-state index < -0.39 is 0 Å². The van der Waals surface area contributed by atoms with E-state index in [9.17, 15) is 10.1 Å². The van der Waals surface area contributed by atoms with E-state index in [2.05, 4.69) is 56.2 Å². The van der Waals surface area contributed by atoms with Crippen LogP contribution in [0, 0.1) is 18.3 Å². The van der Waals surface area contributed by atoms with Crippen molar-refractivity contribution in [1.29, 1.82) is 5.26 Å². The Balaban J connectivity index is 1.87. The molecule has 150 valence electrons. The quantitative estimate of drug-likeness (QED) is 0.597. The molecule has 0 spiro atoms. The Labute approximate surface area is 173 Å². The van der Waals surface area contributed by atoms with Crippen LogP contribution in [0.1, 0.15) is 55.4 Å². The first kappa shape index (κ1) is 20.7. The first-order valence-electron chi connectivity index (χ1n) is 10.0. The van der Waals surface area contributed by atoms with E-state index in [4.69, 9.17) is 0 Å². The van der Waals surface area contributed by atoms with Crippen LogP contribution in [-0.2, 0) is 11.3 Å². The second-order valence-electron chi connectivity index (χ2n) is 8.58. The number of nitriles is 1. The number of rotatable bonds is 4. The molecular formula is C25H29N3O. The standard InChI is InChI=1S/C25H29N3O/c1-17-11-23-22(18(2)14-25(3,4)28(23)5)13-20(17)12-21(15-26)24(29)27-16-19-9-7-6-8-10-19/h6-13,18H,14,16H2,1-5H3,(H,27,29)/b21-12-/t18-/m1/s1. The van der Waals surface area contributed by atoms with E-state index >= 15 is 0 Å². The van der Waals surface area contributed by atoms with Crippen molar-refractivity contribution in [3.8, 4) is 6.07 Å². The summed E-state index contributed by atoms with van der Waals surface area (Å²) in [5.41, 5.74) is 5.72. The highest BCUT2D eigenvalue weighted by Gasteiger charge is 2.34. The lowest BCUT2D eigenvalue weighted by Gasteiger charge is -2.45. The van der Waals surface area contributed by atoms with E-state index in [-0.39, 0.29) is 17.0 Å². The van der Waals surface area contributed by atoms with Crippen molar-refractivity contribution in [3.63, 3.8) is 0 Å². The number of fused-ring (bicyclic) bond motifs is 1. The van der Waals surface area contributed by atoms with Crippen LogP contribution >= 0.6 is 0 Å². The number of nitrogens with zero attached hydrogens (tertiary/aromatic N) is 2. The Morgan fingerprint density at radius 3 is 2.66 bits per heavy atom. The van der Waals surface area contributed by atoms with E-state index in [1.807, 2.05) is 37.3 Å². The number of hydrogen-bond acceptors (Lipinski definition) is 3. The minimum atomic E-state index is -0.347. The van der Waals surface area contributed by atoms with Gasteiger partial charge in [-0.15, -0.1) is 0 Å². The second kappa shape index (κ2) is 8.13. The largest absolute Gasteiger partial charge is 0.369 e. The molecule has 4 nitrogen and oxygen atoms in total. The third kappa shape index (κ3) is 4.35.